The maximum Gasteiger partial charge on any atom is 0.194 e. The number of likely N-dealkylation sites (N-methyl/N-ethyl adjacent to an activating group) is 1. The van der Waals surface area contributed by atoms with E-state index >= 15 is 0 Å². The average Bonchev–Trinajstić information content (AvgIpc) is 3.31. The largest absolute Gasteiger partial charge is 0.357 e. The fraction of sp³-hybridized carbons (Fsp3) is 0.400. The zero-order valence-corrected chi connectivity index (χ0v) is 19.8. The molecule has 0 saturated carbocycles. The summed E-state index contributed by atoms with van der Waals surface area (Å²) in [7, 11) is 4.20. The number of H-pyrrole nitrogens is 1. The van der Waals surface area contributed by atoms with Crippen molar-refractivity contribution in [2.24, 2.45) is 4.99 Å². The number of pyridine rings is 1. The Morgan fingerprint density at radius 2 is 1.91 bits per heavy atom. The van der Waals surface area contributed by atoms with E-state index in [1.165, 1.54) is 0 Å². The van der Waals surface area contributed by atoms with Crippen LogP contribution in [0.25, 0.3) is 11.3 Å². The van der Waals surface area contributed by atoms with Crippen LogP contribution >= 0.6 is 0 Å². The Kier molecular flexibility index (Phi) is 7.57. The van der Waals surface area contributed by atoms with Crippen LogP contribution in [0.5, 0.6) is 0 Å². The predicted molar refractivity (Wildman–Crippen MR) is 134 cm³/mol. The van der Waals surface area contributed by atoms with Crippen molar-refractivity contribution in [1.29, 1.82) is 0 Å². The summed E-state index contributed by atoms with van der Waals surface area (Å²) in [5.41, 5.74) is 3.31. The smallest absolute Gasteiger partial charge is 0.194 e. The number of benzene rings is 1. The highest BCUT2D eigenvalue weighted by atomic mass is 15.3. The summed E-state index contributed by atoms with van der Waals surface area (Å²) in [4.78, 5) is 24.3. The van der Waals surface area contributed by atoms with Gasteiger partial charge in [-0.15, -0.1) is 0 Å². The lowest BCUT2D eigenvalue weighted by Crippen LogP contribution is -2.44. The number of hydrogen-bond donors (Lipinski definition) is 2. The summed E-state index contributed by atoms with van der Waals surface area (Å²) in [6.07, 6.45) is 3.78. The first-order valence-electron chi connectivity index (χ1n) is 11.6. The Labute approximate surface area is 196 Å². The van der Waals surface area contributed by atoms with E-state index in [1.807, 2.05) is 43.7 Å². The van der Waals surface area contributed by atoms with Gasteiger partial charge < -0.3 is 25.0 Å². The van der Waals surface area contributed by atoms with Crippen molar-refractivity contribution in [3.63, 3.8) is 0 Å². The van der Waals surface area contributed by atoms with Gasteiger partial charge in [0.2, 0.25) is 0 Å². The second-order valence-electron chi connectivity index (χ2n) is 8.45. The van der Waals surface area contributed by atoms with Gasteiger partial charge in [-0.2, -0.15) is 0 Å². The van der Waals surface area contributed by atoms with Crippen LogP contribution in [0.1, 0.15) is 18.3 Å². The number of nitrogens with one attached hydrogen (secondary N) is 2. The molecule has 1 aliphatic rings. The molecule has 1 aliphatic heterocycles. The molecule has 0 unspecified atom stereocenters. The van der Waals surface area contributed by atoms with E-state index < -0.39 is 0 Å². The summed E-state index contributed by atoms with van der Waals surface area (Å²) in [6, 6.07) is 14.5. The van der Waals surface area contributed by atoms with Crippen LogP contribution in [0.3, 0.4) is 0 Å². The van der Waals surface area contributed by atoms with Gasteiger partial charge in [0.1, 0.15) is 11.6 Å². The molecule has 0 bridgehead atoms. The second kappa shape index (κ2) is 11.0. The first-order valence-corrected chi connectivity index (χ1v) is 11.6. The number of aliphatic imine (C=N–C) groups is 1. The topological polar surface area (TPSA) is 75.7 Å². The zero-order valence-electron chi connectivity index (χ0n) is 19.8. The Hall–Kier alpha value is -3.39. The zero-order chi connectivity index (χ0) is 23.0. The normalized spacial score (nSPS) is 15.0. The number of hydrogen-bond acceptors (Lipinski definition) is 5. The minimum atomic E-state index is 0.601. The van der Waals surface area contributed by atoms with E-state index in [0.717, 1.165) is 67.1 Å². The van der Waals surface area contributed by atoms with Crippen LogP contribution in [-0.4, -0.2) is 77.5 Å². The van der Waals surface area contributed by atoms with Crippen LogP contribution in [0.15, 0.2) is 59.9 Å². The van der Waals surface area contributed by atoms with Gasteiger partial charge in [-0.3, -0.25) is 0 Å². The summed E-state index contributed by atoms with van der Waals surface area (Å²) in [5.74, 6) is 2.80. The molecule has 8 nitrogen and oxygen atoms in total. The molecule has 33 heavy (non-hydrogen) atoms. The molecule has 0 amide bonds. The number of rotatable bonds is 7. The highest BCUT2D eigenvalue weighted by Gasteiger charge is 2.15. The molecule has 0 aliphatic carbocycles. The van der Waals surface area contributed by atoms with Crippen LogP contribution in [0.4, 0.5) is 5.82 Å². The highest BCUT2D eigenvalue weighted by Crippen LogP contribution is 2.17. The Bertz CT molecular complexity index is 1040. The van der Waals surface area contributed by atoms with Gasteiger partial charge in [0, 0.05) is 46.0 Å². The van der Waals surface area contributed by atoms with E-state index in [2.05, 4.69) is 67.1 Å². The van der Waals surface area contributed by atoms with Gasteiger partial charge in [0.15, 0.2) is 5.96 Å². The van der Waals surface area contributed by atoms with Crippen molar-refractivity contribution in [3.05, 3.63) is 66.2 Å². The van der Waals surface area contributed by atoms with Crippen LogP contribution in [0.2, 0.25) is 0 Å². The summed E-state index contributed by atoms with van der Waals surface area (Å²) in [5, 5.41) is 3.40. The molecule has 2 aromatic heterocycles. The van der Waals surface area contributed by atoms with Gasteiger partial charge >= 0.3 is 0 Å². The molecule has 174 valence electrons. The third-order valence-corrected chi connectivity index (χ3v) is 5.85. The first-order chi connectivity index (χ1) is 16.1. The number of anilines is 1. The van der Waals surface area contributed by atoms with E-state index in [9.17, 15) is 0 Å². The van der Waals surface area contributed by atoms with Crippen LogP contribution in [-0.2, 0) is 13.1 Å². The second-order valence-corrected chi connectivity index (χ2v) is 8.45. The molecule has 0 atom stereocenters. The maximum absolute atomic E-state index is 4.88. The molecular weight excluding hydrogens is 412 g/mol. The molecule has 3 aromatic rings. The quantitative estimate of drug-likeness (QED) is 0.429. The third-order valence-electron chi connectivity index (χ3n) is 5.85. The van der Waals surface area contributed by atoms with Gasteiger partial charge in [-0.05, 0) is 37.2 Å². The van der Waals surface area contributed by atoms with Gasteiger partial charge in [-0.1, -0.05) is 30.3 Å². The first kappa shape index (κ1) is 22.8. The van der Waals surface area contributed by atoms with E-state index in [-0.39, 0.29) is 0 Å². The molecule has 1 fully saturated rings. The Morgan fingerprint density at radius 3 is 2.67 bits per heavy atom. The number of imidazole rings is 1. The van der Waals surface area contributed by atoms with E-state index in [1.54, 1.807) is 0 Å². The van der Waals surface area contributed by atoms with E-state index in [4.69, 9.17) is 4.99 Å². The minimum Gasteiger partial charge on any atom is -0.357 e. The van der Waals surface area contributed by atoms with Crippen molar-refractivity contribution in [2.75, 3.05) is 51.7 Å². The predicted octanol–water partition coefficient (Wildman–Crippen LogP) is 2.82. The van der Waals surface area contributed by atoms with Crippen molar-refractivity contribution in [1.82, 2.24) is 30.1 Å². The average molecular weight is 447 g/mol. The van der Waals surface area contributed by atoms with Crippen LogP contribution < -0.4 is 10.2 Å². The lowest BCUT2D eigenvalue weighted by atomic mass is 10.2. The summed E-state index contributed by atoms with van der Waals surface area (Å²) in [6.45, 7) is 8.29. The number of piperazine rings is 1. The van der Waals surface area contributed by atoms with Crippen LogP contribution in [0, 0.1) is 0 Å². The fourth-order valence-electron chi connectivity index (χ4n) is 3.91. The molecule has 0 spiro atoms. The van der Waals surface area contributed by atoms with Crippen molar-refractivity contribution >= 4 is 11.8 Å². The SMILES string of the molecule is CCNC(=NCc1ccnc(N2CCN(C)CC2)c1)N(C)Cc1ncc(-c2ccccc2)[nH]1. The minimum absolute atomic E-state index is 0.601. The number of aromatic nitrogens is 3. The Morgan fingerprint density at radius 1 is 1.12 bits per heavy atom. The lowest BCUT2D eigenvalue weighted by Gasteiger charge is -2.33. The van der Waals surface area contributed by atoms with Crippen molar-refractivity contribution < 1.29 is 0 Å². The van der Waals surface area contributed by atoms with Gasteiger partial charge in [-0.25, -0.2) is 15.0 Å². The van der Waals surface area contributed by atoms with Crippen molar-refractivity contribution in [2.45, 2.75) is 20.0 Å². The standard InChI is InChI=1S/C25H34N8/c1-4-26-25(32(3)19-23-28-18-22(30-23)21-8-6-5-7-9-21)29-17-20-10-11-27-24(16-20)33-14-12-31(2)13-15-33/h5-11,16,18H,4,12-15,17,19H2,1-3H3,(H,26,29)(H,28,30). The molecular formula is C25H34N8. The number of guanidine groups is 1. The molecule has 2 N–H and O–H groups in total. The Balaban J connectivity index is 1.41. The number of aromatic amines is 1. The molecule has 3 heterocycles. The monoisotopic (exact) mass is 446 g/mol. The third kappa shape index (κ3) is 6.10. The van der Waals surface area contributed by atoms with Gasteiger partial charge in [0.25, 0.3) is 0 Å². The summed E-state index contributed by atoms with van der Waals surface area (Å²) < 4.78 is 0. The molecule has 1 saturated heterocycles. The fourth-order valence-corrected chi connectivity index (χ4v) is 3.91. The van der Waals surface area contributed by atoms with Crippen molar-refractivity contribution in [3.8, 4) is 11.3 Å². The van der Waals surface area contributed by atoms with E-state index in [0.29, 0.717) is 13.1 Å². The molecule has 4 rings (SSSR count). The molecule has 8 heteroatoms. The summed E-state index contributed by atoms with van der Waals surface area (Å²) >= 11 is 0. The lowest BCUT2D eigenvalue weighted by molar-refractivity contribution is 0.312. The van der Waals surface area contributed by atoms with Gasteiger partial charge in [0.05, 0.1) is 25.0 Å². The molecule has 1 aromatic carbocycles. The maximum atomic E-state index is 4.88. The number of nitrogens with zero attached hydrogens (tertiary/aromatic N) is 6. The highest BCUT2D eigenvalue weighted by molar-refractivity contribution is 5.79. The molecule has 0 radical (unpaired) electrons.